The molecule has 0 atom stereocenters. The van der Waals surface area contributed by atoms with Gasteiger partial charge in [-0.3, -0.25) is 0 Å². The van der Waals surface area contributed by atoms with E-state index in [2.05, 4.69) is 18.0 Å². The van der Waals surface area contributed by atoms with Gasteiger partial charge in [0.05, 0.1) is 0 Å². The molecule has 0 bridgehead atoms. The maximum absolute atomic E-state index is 6.04. The van der Waals surface area contributed by atoms with E-state index in [-0.39, 0.29) is 0 Å². The van der Waals surface area contributed by atoms with Crippen LogP contribution in [0.25, 0.3) is 0 Å². The van der Waals surface area contributed by atoms with Crippen LogP contribution < -0.4 is 5.32 Å². The summed E-state index contributed by atoms with van der Waals surface area (Å²) in [7, 11) is 0. The summed E-state index contributed by atoms with van der Waals surface area (Å²) in [5.74, 6) is 0. The Balaban J connectivity index is 2.26. The summed E-state index contributed by atoms with van der Waals surface area (Å²) in [4.78, 5) is 0. The molecule has 0 unspecified atom stereocenters. The third-order valence-electron chi connectivity index (χ3n) is 2.67. The molecule has 1 rings (SSSR count). The van der Waals surface area contributed by atoms with Crippen LogP contribution in [-0.4, -0.2) is 6.54 Å². The number of unbranched alkanes of at least 4 members (excludes halogenated alkanes) is 3. The van der Waals surface area contributed by atoms with E-state index in [1.54, 1.807) is 0 Å². The Bertz CT molecular complexity index is 334. The summed E-state index contributed by atoms with van der Waals surface area (Å²) < 4.78 is 0. The predicted molar refractivity (Wildman–Crippen MR) is 73.3 cm³/mol. The van der Waals surface area contributed by atoms with E-state index in [0.717, 1.165) is 29.2 Å². The maximum atomic E-state index is 6.04. The Kier molecular flexibility index (Phi) is 6.02. The lowest BCUT2D eigenvalue weighted by molar-refractivity contribution is 0.708. The highest BCUT2D eigenvalue weighted by Gasteiger charge is 2.00. The van der Waals surface area contributed by atoms with Gasteiger partial charge in [0.2, 0.25) is 0 Å². The quantitative estimate of drug-likeness (QED) is 0.530. The molecular formula is C14H20ClN. The summed E-state index contributed by atoms with van der Waals surface area (Å²) in [6.45, 7) is 6.77. The minimum absolute atomic E-state index is 0.830. The summed E-state index contributed by atoms with van der Waals surface area (Å²) in [6.07, 6.45) is 6.78. The number of nitrogens with one attached hydrogen (secondary N) is 1. The highest BCUT2D eigenvalue weighted by molar-refractivity contribution is 6.31. The molecule has 0 saturated carbocycles. The van der Waals surface area contributed by atoms with E-state index >= 15 is 0 Å². The topological polar surface area (TPSA) is 12.0 Å². The number of hydrogen-bond donors (Lipinski definition) is 1. The third-order valence-corrected chi connectivity index (χ3v) is 3.08. The Hall–Kier alpha value is -0.950. The maximum Gasteiger partial charge on any atom is 0.0455 e. The lowest BCUT2D eigenvalue weighted by atomic mass is 10.1. The van der Waals surface area contributed by atoms with Crippen molar-refractivity contribution in [1.29, 1.82) is 0 Å². The number of allylic oxidation sites excluding steroid dienone is 1. The lowest BCUT2D eigenvalue weighted by Gasteiger charge is -2.10. The normalized spacial score (nSPS) is 10.1. The van der Waals surface area contributed by atoms with Crippen molar-refractivity contribution >= 4 is 17.3 Å². The van der Waals surface area contributed by atoms with Gasteiger partial charge in [-0.15, -0.1) is 6.58 Å². The van der Waals surface area contributed by atoms with E-state index in [1.165, 1.54) is 19.3 Å². The lowest BCUT2D eigenvalue weighted by Crippen LogP contribution is -2.02. The Morgan fingerprint density at radius 2 is 2.12 bits per heavy atom. The van der Waals surface area contributed by atoms with Crippen LogP contribution in [0.2, 0.25) is 5.02 Å². The zero-order valence-electron chi connectivity index (χ0n) is 9.93. The van der Waals surface area contributed by atoms with Gasteiger partial charge in [0.15, 0.2) is 0 Å². The number of rotatable bonds is 7. The Morgan fingerprint density at radius 3 is 2.88 bits per heavy atom. The van der Waals surface area contributed by atoms with Crippen molar-refractivity contribution in [2.75, 3.05) is 11.9 Å². The molecule has 16 heavy (non-hydrogen) atoms. The second kappa shape index (κ2) is 7.34. The molecule has 0 spiro atoms. The summed E-state index contributed by atoms with van der Waals surface area (Å²) in [5.41, 5.74) is 2.28. The van der Waals surface area contributed by atoms with Crippen LogP contribution >= 0.6 is 11.6 Å². The number of anilines is 1. The van der Waals surface area contributed by atoms with Gasteiger partial charge in [-0.05, 0) is 43.9 Å². The first-order valence-electron chi connectivity index (χ1n) is 5.85. The Morgan fingerprint density at radius 1 is 1.31 bits per heavy atom. The van der Waals surface area contributed by atoms with Gasteiger partial charge >= 0.3 is 0 Å². The molecule has 0 amide bonds. The van der Waals surface area contributed by atoms with Crippen LogP contribution in [0, 0.1) is 6.92 Å². The van der Waals surface area contributed by atoms with E-state index < -0.39 is 0 Å². The highest BCUT2D eigenvalue weighted by Crippen LogP contribution is 2.22. The molecule has 1 aromatic carbocycles. The number of halogens is 1. The van der Waals surface area contributed by atoms with E-state index in [9.17, 15) is 0 Å². The first-order valence-corrected chi connectivity index (χ1v) is 6.23. The van der Waals surface area contributed by atoms with Gasteiger partial charge in [-0.25, -0.2) is 0 Å². The fourth-order valence-corrected chi connectivity index (χ4v) is 1.79. The van der Waals surface area contributed by atoms with Gasteiger partial charge < -0.3 is 5.32 Å². The van der Waals surface area contributed by atoms with Crippen LogP contribution in [0.1, 0.15) is 31.2 Å². The van der Waals surface area contributed by atoms with Crippen molar-refractivity contribution in [2.45, 2.75) is 32.6 Å². The number of benzene rings is 1. The molecule has 2 heteroatoms. The molecule has 0 heterocycles. The molecule has 1 nitrogen and oxygen atoms in total. The minimum Gasteiger partial charge on any atom is -0.385 e. The minimum atomic E-state index is 0.830. The first kappa shape index (κ1) is 13.1. The number of hydrogen-bond acceptors (Lipinski definition) is 1. The first-order chi connectivity index (χ1) is 7.75. The standard InChI is InChI=1S/C14H20ClN/c1-3-4-5-6-7-11-16-14-10-8-9-13(15)12(14)2/h3,8-10,16H,1,4-7,11H2,2H3. The van der Waals surface area contributed by atoms with Crippen molar-refractivity contribution in [2.24, 2.45) is 0 Å². The van der Waals surface area contributed by atoms with Crippen LogP contribution in [0.15, 0.2) is 30.9 Å². The molecular weight excluding hydrogens is 218 g/mol. The van der Waals surface area contributed by atoms with Crippen molar-refractivity contribution in [3.63, 3.8) is 0 Å². The zero-order valence-corrected chi connectivity index (χ0v) is 10.7. The third kappa shape index (κ3) is 4.28. The molecule has 0 aliphatic heterocycles. The second-order valence-corrected chi connectivity index (χ2v) is 4.38. The second-order valence-electron chi connectivity index (χ2n) is 3.98. The van der Waals surface area contributed by atoms with Crippen molar-refractivity contribution < 1.29 is 0 Å². The fraction of sp³-hybridized carbons (Fsp3) is 0.429. The average molecular weight is 238 g/mol. The SMILES string of the molecule is C=CCCCCCNc1cccc(Cl)c1C. The molecule has 0 aromatic heterocycles. The van der Waals surface area contributed by atoms with Gasteiger partial charge in [-0.2, -0.15) is 0 Å². The van der Waals surface area contributed by atoms with E-state index in [4.69, 9.17) is 11.6 Å². The molecule has 88 valence electrons. The van der Waals surface area contributed by atoms with Gasteiger partial charge in [-0.1, -0.05) is 30.2 Å². The van der Waals surface area contributed by atoms with Crippen molar-refractivity contribution in [1.82, 2.24) is 0 Å². The van der Waals surface area contributed by atoms with Crippen LogP contribution in [-0.2, 0) is 0 Å². The van der Waals surface area contributed by atoms with Gasteiger partial charge in [0.1, 0.15) is 0 Å². The molecule has 1 aromatic rings. The summed E-state index contributed by atoms with van der Waals surface area (Å²) in [5, 5.41) is 4.25. The van der Waals surface area contributed by atoms with Crippen LogP contribution in [0.5, 0.6) is 0 Å². The zero-order chi connectivity index (χ0) is 11.8. The fourth-order valence-electron chi connectivity index (χ4n) is 1.61. The summed E-state index contributed by atoms with van der Waals surface area (Å²) >= 11 is 6.04. The van der Waals surface area contributed by atoms with Crippen molar-refractivity contribution in [3.05, 3.63) is 41.4 Å². The van der Waals surface area contributed by atoms with E-state index in [1.807, 2.05) is 25.1 Å². The smallest absolute Gasteiger partial charge is 0.0455 e. The van der Waals surface area contributed by atoms with Gasteiger partial charge in [0, 0.05) is 17.3 Å². The molecule has 0 aliphatic rings. The molecule has 0 radical (unpaired) electrons. The Labute approximate surface area is 104 Å². The van der Waals surface area contributed by atoms with Crippen LogP contribution in [0.3, 0.4) is 0 Å². The molecule has 0 fully saturated rings. The molecule has 0 aliphatic carbocycles. The van der Waals surface area contributed by atoms with Crippen molar-refractivity contribution in [3.8, 4) is 0 Å². The average Bonchev–Trinajstić information content (AvgIpc) is 2.29. The monoisotopic (exact) mass is 237 g/mol. The van der Waals surface area contributed by atoms with E-state index in [0.29, 0.717) is 0 Å². The highest BCUT2D eigenvalue weighted by atomic mass is 35.5. The van der Waals surface area contributed by atoms with Crippen LogP contribution in [0.4, 0.5) is 5.69 Å². The summed E-state index contributed by atoms with van der Waals surface area (Å²) in [6, 6.07) is 5.98. The van der Waals surface area contributed by atoms with Gasteiger partial charge in [0.25, 0.3) is 0 Å². The molecule has 1 N–H and O–H groups in total. The molecule has 0 saturated heterocycles. The predicted octanol–water partition coefficient (Wildman–Crippen LogP) is 4.81. The largest absolute Gasteiger partial charge is 0.385 e.